The minimum atomic E-state index is -3.76. The first kappa shape index (κ1) is 18.1. The quantitative estimate of drug-likeness (QED) is 0.781. The summed E-state index contributed by atoms with van der Waals surface area (Å²) >= 11 is 0. The van der Waals surface area contributed by atoms with Crippen LogP contribution in [0.3, 0.4) is 0 Å². The molecule has 1 saturated heterocycles. The normalized spacial score (nSPS) is 15.8. The largest absolute Gasteiger partial charge is 0.340 e. The number of nitriles is 1. The van der Waals surface area contributed by atoms with Crippen molar-refractivity contribution in [3.05, 3.63) is 29.8 Å². The number of Topliss-reactive ketones (excluding diaryl/α,β-unsaturated/α-hetero) is 1. The second-order valence-corrected chi connectivity index (χ2v) is 7.50. The molecule has 0 aliphatic carbocycles. The average Bonchev–Trinajstić information content (AvgIpc) is 2.59. The highest BCUT2D eigenvalue weighted by molar-refractivity contribution is 7.89. The summed E-state index contributed by atoms with van der Waals surface area (Å²) in [4.78, 5) is 24.5. The van der Waals surface area contributed by atoms with E-state index in [1.807, 2.05) is 6.07 Å². The number of rotatable bonds is 5. The number of piperazine rings is 1. The fourth-order valence-electron chi connectivity index (χ4n) is 2.54. The predicted molar refractivity (Wildman–Crippen MR) is 86.4 cm³/mol. The number of amides is 1. The van der Waals surface area contributed by atoms with Gasteiger partial charge in [-0.05, 0) is 19.1 Å². The van der Waals surface area contributed by atoms with E-state index >= 15 is 0 Å². The summed E-state index contributed by atoms with van der Waals surface area (Å²) in [5.41, 5.74) is 0.109. The number of carbonyl (C=O) groups excluding carboxylic acids is 2. The molecule has 1 aliphatic rings. The summed E-state index contributed by atoms with van der Waals surface area (Å²) in [6.07, 6.45) is 0.353. The van der Waals surface area contributed by atoms with Gasteiger partial charge in [0.25, 0.3) is 0 Å². The third-order valence-corrected chi connectivity index (χ3v) is 5.86. The third kappa shape index (κ3) is 3.99. The first-order valence-corrected chi connectivity index (χ1v) is 9.06. The molecule has 8 heteroatoms. The van der Waals surface area contributed by atoms with Gasteiger partial charge in [0.1, 0.15) is 11.9 Å². The highest BCUT2D eigenvalue weighted by Gasteiger charge is 2.31. The Kier molecular flexibility index (Phi) is 5.70. The third-order valence-electron chi connectivity index (χ3n) is 3.91. The summed E-state index contributed by atoms with van der Waals surface area (Å²) in [5, 5.41) is 9.09. The van der Waals surface area contributed by atoms with Crippen LogP contribution in [0, 0.1) is 11.3 Å². The van der Waals surface area contributed by atoms with Crippen LogP contribution in [0.25, 0.3) is 0 Å². The van der Waals surface area contributed by atoms with Crippen molar-refractivity contribution in [3.8, 4) is 6.07 Å². The monoisotopic (exact) mass is 349 g/mol. The smallest absolute Gasteiger partial charge is 0.244 e. The van der Waals surface area contributed by atoms with E-state index in [9.17, 15) is 18.0 Å². The zero-order valence-electron chi connectivity index (χ0n) is 13.4. The molecule has 24 heavy (non-hydrogen) atoms. The molecule has 0 saturated carbocycles. The van der Waals surface area contributed by atoms with Crippen molar-refractivity contribution >= 4 is 21.7 Å². The minimum absolute atomic E-state index is 0.0103. The van der Waals surface area contributed by atoms with Crippen LogP contribution in [0.1, 0.15) is 25.3 Å². The molecule has 1 aliphatic heterocycles. The van der Waals surface area contributed by atoms with Crippen LogP contribution in [0.15, 0.2) is 29.2 Å². The molecule has 1 aromatic carbocycles. The standard InChI is InChI=1S/C16H19N3O4S/c1-13(20)6-7-16(21)18-8-10-19(11-9-18)24(22,23)15-5-3-2-4-14(15)12-17/h2-5H,6-11H2,1H3. The summed E-state index contributed by atoms with van der Waals surface area (Å²) in [7, 11) is -3.76. The summed E-state index contributed by atoms with van der Waals surface area (Å²) in [6, 6.07) is 7.97. The summed E-state index contributed by atoms with van der Waals surface area (Å²) in [5.74, 6) is -0.183. The van der Waals surface area contributed by atoms with Gasteiger partial charge in [-0.15, -0.1) is 0 Å². The SMILES string of the molecule is CC(=O)CCC(=O)N1CCN(S(=O)(=O)c2ccccc2C#N)CC1. The number of carbonyl (C=O) groups is 2. The van der Waals surface area contributed by atoms with Crippen molar-refractivity contribution in [2.75, 3.05) is 26.2 Å². The maximum Gasteiger partial charge on any atom is 0.244 e. The van der Waals surface area contributed by atoms with Gasteiger partial charge in [0.15, 0.2) is 0 Å². The second-order valence-electron chi connectivity index (χ2n) is 5.59. The Morgan fingerprint density at radius 3 is 2.33 bits per heavy atom. The zero-order valence-corrected chi connectivity index (χ0v) is 14.3. The van der Waals surface area contributed by atoms with E-state index in [4.69, 9.17) is 5.26 Å². The van der Waals surface area contributed by atoms with Crippen molar-refractivity contribution in [1.29, 1.82) is 5.26 Å². The molecule has 0 unspecified atom stereocenters. The van der Waals surface area contributed by atoms with E-state index < -0.39 is 10.0 Å². The summed E-state index contributed by atoms with van der Waals surface area (Å²) in [6.45, 7) is 2.35. The van der Waals surface area contributed by atoms with Gasteiger partial charge in [-0.25, -0.2) is 8.42 Å². The molecule has 0 spiro atoms. The van der Waals surface area contributed by atoms with Gasteiger partial charge in [0, 0.05) is 39.0 Å². The number of sulfonamides is 1. The molecule has 128 valence electrons. The van der Waals surface area contributed by atoms with Gasteiger partial charge in [0.05, 0.1) is 10.5 Å². The van der Waals surface area contributed by atoms with Crippen LogP contribution in [0.2, 0.25) is 0 Å². The predicted octanol–water partition coefficient (Wildman–Crippen LogP) is 0.760. The van der Waals surface area contributed by atoms with E-state index in [0.29, 0.717) is 0 Å². The van der Waals surface area contributed by atoms with Crippen molar-refractivity contribution in [2.45, 2.75) is 24.7 Å². The van der Waals surface area contributed by atoms with E-state index in [-0.39, 0.29) is 61.2 Å². The molecule has 0 radical (unpaired) electrons. The lowest BCUT2D eigenvalue weighted by Gasteiger charge is -2.34. The molecule has 1 heterocycles. The van der Waals surface area contributed by atoms with Gasteiger partial charge in [-0.3, -0.25) is 4.79 Å². The minimum Gasteiger partial charge on any atom is -0.340 e. The van der Waals surface area contributed by atoms with Gasteiger partial charge in [-0.2, -0.15) is 9.57 Å². The van der Waals surface area contributed by atoms with Crippen LogP contribution in [-0.2, 0) is 19.6 Å². The Hall–Kier alpha value is -2.24. The maximum absolute atomic E-state index is 12.7. The highest BCUT2D eigenvalue weighted by atomic mass is 32.2. The molecule has 2 rings (SSSR count). The fourth-order valence-corrected chi connectivity index (χ4v) is 4.11. The Labute approximate surface area is 141 Å². The lowest BCUT2D eigenvalue weighted by molar-refractivity contribution is -0.134. The van der Waals surface area contributed by atoms with Crippen molar-refractivity contribution in [2.24, 2.45) is 0 Å². The second kappa shape index (κ2) is 7.55. The molecule has 0 N–H and O–H groups in total. The molecule has 0 atom stereocenters. The first-order valence-electron chi connectivity index (χ1n) is 7.62. The Morgan fingerprint density at radius 2 is 1.75 bits per heavy atom. The lowest BCUT2D eigenvalue weighted by atomic mass is 10.2. The zero-order chi connectivity index (χ0) is 17.7. The van der Waals surface area contributed by atoms with Gasteiger partial charge in [0.2, 0.25) is 15.9 Å². The Balaban J connectivity index is 2.05. The molecule has 1 amide bonds. The van der Waals surface area contributed by atoms with Crippen LogP contribution in [-0.4, -0.2) is 55.5 Å². The van der Waals surface area contributed by atoms with E-state index in [0.717, 1.165) is 0 Å². The molecule has 0 bridgehead atoms. The van der Waals surface area contributed by atoms with E-state index in [1.54, 1.807) is 17.0 Å². The Morgan fingerprint density at radius 1 is 1.12 bits per heavy atom. The van der Waals surface area contributed by atoms with Crippen molar-refractivity contribution < 1.29 is 18.0 Å². The topological polar surface area (TPSA) is 98.6 Å². The van der Waals surface area contributed by atoms with Crippen LogP contribution >= 0.6 is 0 Å². The van der Waals surface area contributed by atoms with E-state index in [2.05, 4.69) is 0 Å². The van der Waals surface area contributed by atoms with Crippen molar-refractivity contribution in [1.82, 2.24) is 9.21 Å². The van der Waals surface area contributed by atoms with Gasteiger partial charge in [-0.1, -0.05) is 12.1 Å². The molecular weight excluding hydrogens is 330 g/mol. The Bertz CT molecular complexity index is 775. The fraction of sp³-hybridized carbons (Fsp3) is 0.438. The molecule has 1 aromatic rings. The van der Waals surface area contributed by atoms with E-state index in [1.165, 1.54) is 23.4 Å². The molecule has 1 fully saturated rings. The number of nitrogens with zero attached hydrogens (tertiary/aromatic N) is 3. The summed E-state index contributed by atoms with van der Waals surface area (Å²) < 4.78 is 26.7. The number of hydrogen-bond donors (Lipinski definition) is 0. The molecule has 0 aromatic heterocycles. The number of benzene rings is 1. The first-order chi connectivity index (χ1) is 11.4. The van der Waals surface area contributed by atoms with Gasteiger partial charge < -0.3 is 9.69 Å². The van der Waals surface area contributed by atoms with Crippen LogP contribution in [0.5, 0.6) is 0 Å². The molecular formula is C16H19N3O4S. The average molecular weight is 349 g/mol. The maximum atomic E-state index is 12.7. The van der Waals surface area contributed by atoms with Crippen LogP contribution in [0.4, 0.5) is 0 Å². The molecule has 7 nitrogen and oxygen atoms in total. The number of hydrogen-bond acceptors (Lipinski definition) is 5. The lowest BCUT2D eigenvalue weighted by Crippen LogP contribution is -2.50. The van der Waals surface area contributed by atoms with Crippen molar-refractivity contribution in [3.63, 3.8) is 0 Å². The van der Waals surface area contributed by atoms with Gasteiger partial charge >= 0.3 is 0 Å². The van der Waals surface area contributed by atoms with Crippen LogP contribution < -0.4 is 0 Å². The highest BCUT2D eigenvalue weighted by Crippen LogP contribution is 2.21. The number of ketones is 1.